The van der Waals surface area contributed by atoms with Crippen molar-refractivity contribution in [2.45, 2.75) is 186 Å². The lowest BCUT2D eigenvalue weighted by atomic mass is 9.36. The van der Waals surface area contributed by atoms with Crippen LogP contribution >= 0.6 is 0 Å². The zero-order valence-electron chi connectivity index (χ0n) is 31.7. The Labute approximate surface area is 301 Å². The van der Waals surface area contributed by atoms with Gasteiger partial charge < -0.3 is 40.9 Å². The van der Waals surface area contributed by atoms with Crippen molar-refractivity contribution >= 4 is 0 Å². The number of hydrogen-bond acceptors (Lipinski definition) is 8. The highest BCUT2D eigenvalue weighted by molar-refractivity contribution is 5.14. The summed E-state index contributed by atoms with van der Waals surface area (Å²) in [5.41, 5.74) is -3.24. The molecule has 8 heteroatoms. The van der Waals surface area contributed by atoms with Gasteiger partial charge in [0, 0.05) is 52.9 Å². The van der Waals surface area contributed by atoms with E-state index in [4.69, 9.17) is 0 Å². The van der Waals surface area contributed by atoms with E-state index in [0.717, 1.165) is 38.5 Å². The Morgan fingerprint density at radius 3 is 0.551 bits per heavy atom. The summed E-state index contributed by atoms with van der Waals surface area (Å²) in [6.07, 6.45) is 26.6. The lowest BCUT2D eigenvalue weighted by Gasteiger charge is -2.68. The fourth-order valence-corrected chi connectivity index (χ4v) is 11.0. The van der Waals surface area contributed by atoms with Gasteiger partial charge in [0.2, 0.25) is 0 Å². The van der Waals surface area contributed by atoms with Gasteiger partial charge in [0.25, 0.3) is 0 Å². The molecule has 294 valence electrons. The van der Waals surface area contributed by atoms with Gasteiger partial charge in [-0.3, -0.25) is 0 Å². The van der Waals surface area contributed by atoms with Crippen molar-refractivity contribution in [3.8, 4) is 0 Å². The van der Waals surface area contributed by atoms with E-state index in [-0.39, 0.29) is 78.5 Å². The third-order valence-corrected chi connectivity index (χ3v) is 13.3. The Kier molecular flexibility index (Phi) is 26.9. The van der Waals surface area contributed by atoms with Crippen LogP contribution in [-0.2, 0) is 0 Å². The van der Waals surface area contributed by atoms with E-state index in [1.807, 2.05) is 0 Å². The molecule has 1 aliphatic carbocycles. The topological polar surface area (TPSA) is 162 Å². The summed E-state index contributed by atoms with van der Waals surface area (Å²) in [5, 5.41) is 86.4. The minimum absolute atomic E-state index is 0.125. The van der Waals surface area contributed by atoms with Gasteiger partial charge >= 0.3 is 0 Å². The molecule has 0 amide bonds. The molecule has 1 saturated carbocycles. The smallest absolute Gasteiger partial charge is 0.0436 e. The van der Waals surface area contributed by atoms with Crippen molar-refractivity contribution in [3.63, 3.8) is 0 Å². The first-order valence-electron chi connectivity index (χ1n) is 20.8. The third-order valence-electron chi connectivity index (χ3n) is 13.3. The SMILES string of the molecule is OCCC1(CCO)CCCCCCCCCCCCCCCCCCCCCC(CCO)(CCO)C(CCO)(CCO)C1(CCO)CCO. The zero-order chi connectivity index (χ0) is 36.2. The molecule has 0 radical (unpaired) electrons. The summed E-state index contributed by atoms with van der Waals surface area (Å²) in [7, 11) is 0. The Morgan fingerprint density at radius 2 is 0.388 bits per heavy atom. The summed E-state index contributed by atoms with van der Waals surface area (Å²) < 4.78 is 0. The first kappa shape index (κ1) is 46.7. The predicted octanol–water partition coefficient (Wildman–Crippen LogP) is 7.20. The van der Waals surface area contributed by atoms with E-state index in [1.165, 1.54) is 83.5 Å². The van der Waals surface area contributed by atoms with E-state index in [2.05, 4.69) is 0 Å². The van der Waals surface area contributed by atoms with Crippen LogP contribution in [0.3, 0.4) is 0 Å². The van der Waals surface area contributed by atoms with Gasteiger partial charge in [-0.05, 0) is 85.9 Å². The molecule has 0 aromatic carbocycles. The molecule has 8 N–H and O–H groups in total. The third kappa shape index (κ3) is 13.9. The summed E-state index contributed by atoms with van der Waals surface area (Å²) in [4.78, 5) is 0. The maximum atomic E-state index is 10.9. The van der Waals surface area contributed by atoms with Gasteiger partial charge in [-0.1, -0.05) is 122 Å². The van der Waals surface area contributed by atoms with Crippen molar-refractivity contribution in [1.82, 2.24) is 0 Å². The Hall–Kier alpha value is -0.320. The summed E-state index contributed by atoms with van der Waals surface area (Å²) in [6, 6.07) is 0. The lowest BCUT2D eigenvalue weighted by Crippen LogP contribution is -2.63. The standard InChI is InChI=1S/C41H82O8/c42-30-22-38(23-31-43)20-18-16-14-12-10-8-6-4-2-1-3-5-7-9-11-13-15-17-19-21-39(24-32-44,25-33-45)41(28-36-48,29-37-49)40(38,26-34-46)27-35-47/h42-49H,1-37H2. The van der Waals surface area contributed by atoms with E-state index in [0.29, 0.717) is 38.5 Å². The van der Waals surface area contributed by atoms with Crippen molar-refractivity contribution in [1.29, 1.82) is 0 Å². The van der Waals surface area contributed by atoms with Gasteiger partial charge in [0.1, 0.15) is 0 Å². The van der Waals surface area contributed by atoms with Crippen LogP contribution in [0.5, 0.6) is 0 Å². The first-order valence-corrected chi connectivity index (χ1v) is 20.8. The van der Waals surface area contributed by atoms with Crippen LogP contribution in [-0.4, -0.2) is 93.7 Å². The zero-order valence-corrected chi connectivity index (χ0v) is 31.7. The summed E-state index contributed by atoms with van der Waals surface area (Å²) >= 11 is 0. The van der Waals surface area contributed by atoms with Gasteiger partial charge in [-0.15, -0.1) is 0 Å². The Bertz CT molecular complexity index is 663. The first-order chi connectivity index (χ1) is 23.9. The molecule has 0 aromatic heterocycles. The number of aliphatic hydroxyl groups excluding tert-OH is 8. The quantitative estimate of drug-likeness (QED) is 0.0838. The second kappa shape index (κ2) is 28.2. The predicted molar refractivity (Wildman–Crippen MR) is 200 cm³/mol. The molecule has 1 rings (SSSR count). The van der Waals surface area contributed by atoms with Crippen LogP contribution in [0.2, 0.25) is 0 Å². The fourth-order valence-electron chi connectivity index (χ4n) is 11.0. The molecule has 0 atom stereocenters. The molecular weight excluding hydrogens is 620 g/mol. The number of aliphatic hydroxyl groups is 8. The maximum Gasteiger partial charge on any atom is 0.0436 e. The van der Waals surface area contributed by atoms with Crippen LogP contribution < -0.4 is 0 Å². The Morgan fingerprint density at radius 1 is 0.224 bits per heavy atom. The van der Waals surface area contributed by atoms with Crippen LogP contribution in [0.25, 0.3) is 0 Å². The molecule has 49 heavy (non-hydrogen) atoms. The molecule has 1 fully saturated rings. The van der Waals surface area contributed by atoms with E-state index in [9.17, 15) is 40.9 Å². The molecule has 0 unspecified atom stereocenters. The fraction of sp³-hybridized carbons (Fsp3) is 1.00. The number of hydrogen-bond donors (Lipinski definition) is 8. The molecule has 0 spiro atoms. The maximum absolute atomic E-state index is 10.9. The Balaban J connectivity index is 3.83. The monoisotopic (exact) mass is 703 g/mol. The lowest BCUT2D eigenvalue weighted by molar-refractivity contribution is -0.220. The largest absolute Gasteiger partial charge is 0.396 e. The van der Waals surface area contributed by atoms with E-state index in [1.54, 1.807) is 0 Å². The van der Waals surface area contributed by atoms with Gasteiger partial charge in [-0.25, -0.2) is 0 Å². The minimum Gasteiger partial charge on any atom is -0.396 e. The van der Waals surface area contributed by atoms with Crippen LogP contribution in [0.1, 0.15) is 186 Å². The van der Waals surface area contributed by atoms with E-state index >= 15 is 0 Å². The molecular formula is C41H82O8. The molecule has 1 aliphatic rings. The van der Waals surface area contributed by atoms with Crippen molar-refractivity contribution < 1.29 is 40.9 Å². The van der Waals surface area contributed by atoms with Crippen molar-refractivity contribution in [2.24, 2.45) is 21.7 Å². The summed E-state index contributed by atoms with van der Waals surface area (Å²) in [5.74, 6) is 0. The number of rotatable bonds is 16. The molecule has 0 bridgehead atoms. The highest BCUT2D eigenvalue weighted by atomic mass is 16.3. The van der Waals surface area contributed by atoms with Gasteiger partial charge in [-0.2, -0.15) is 0 Å². The second-order valence-corrected chi connectivity index (χ2v) is 15.7. The van der Waals surface area contributed by atoms with Gasteiger partial charge in [0.05, 0.1) is 0 Å². The van der Waals surface area contributed by atoms with Gasteiger partial charge in [0.15, 0.2) is 0 Å². The molecule has 0 aliphatic heterocycles. The molecule has 0 saturated heterocycles. The van der Waals surface area contributed by atoms with Crippen molar-refractivity contribution in [2.75, 3.05) is 52.9 Å². The van der Waals surface area contributed by atoms with E-state index < -0.39 is 21.7 Å². The minimum atomic E-state index is -0.906. The molecule has 0 aromatic rings. The van der Waals surface area contributed by atoms with Crippen LogP contribution in [0.15, 0.2) is 0 Å². The highest BCUT2D eigenvalue weighted by Gasteiger charge is 2.66. The summed E-state index contributed by atoms with van der Waals surface area (Å²) in [6.45, 7) is -1.26. The second-order valence-electron chi connectivity index (χ2n) is 15.7. The average molecular weight is 703 g/mol. The molecule has 0 heterocycles. The van der Waals surface area contributed by atoms with Crippen LogP contribution in [0.4, 0.5) is 0 Å². The van der Waals surface area contributed by atoms with Crippen LogP contribution in [0, 0.1) is 21.7 Å². The molecule has 8 nitrogen and oxygen atoms in total. The normalized spacial score (nSPS) is 22.5. The average Bonchev–Trinajstić information content (AvgIpc) is 3.08. The highest BCUT2D eigenvalue weighted by Crippen LogP contribution is 2.71. The van der Waals surface area contributed by atoms with Crippen molar-refractivity contribution in [3.05, 3.63) is 0 Å².